The third-order valence-electron chi connectivity index (χ3n) is 5.72. The molecule has 3 aromatic carbocycles. The van der Waals surface area contributed by atoms with Crippen molar-refractivity contribution in [3.8, 4) is 0 Å². The Kier molecular flexibility index (Phi) is 6.80. The van der Waals surface area contributed by atoms with Crippen LogP contribution in [0.4, 0.5) is 24.5 Å². The summed E-state index contributed by atoms with van der Waals surface area (Å²) in [6.45, 7) is 0.345. The molecule has 36 heavy (non-hydrogen) atoms. The number of nitrogens with zero attached hydrogens (tertiary/aromatic N) is 3. The summed E-state index contributed by atoms with van der Waals surface area (Å²) < 4.78 is 39.8. The second-order valence-corrected chi connectivity index (χ2v) is 10.6. The Hall–Kier alpha value is -2.88. The molecule has 0 aliphatic carbocycles. The molecule has 0 unspecified atom stereocenters. The predicted molar refractivity (Wildman–Crippen MR) is 141 cm³/mol. The summed E-state index contributed by atoms with van der Waals surface area (Å²) in [5, 5.41) is 1.68. The molecule has 1 saturated heterocycles. The second-order valence-electron chi connectivity index (χ2n) is 8.14. The van der Waals surface area contributed by atoms with Crippen LogP contribution in [0, 0.1) is 0 Å². The number of anilines is 1. The molecule has 0 N–H and O–H groups in total. The lowest BCUT2D eigenvalue weighted by Crippen LogP contribution is -2.31. The fourth-order valence-electron chi connectivity index (χ4n) is 3.88. The molecule has 10 heteroatoms. The van der Waals surface area contributed by atoms with Gasteiger partial charge in [-0.3, -0.25) is 9.69 Å². The zero-order chi connectivity index (χ0) is 25.4. The van der Waals surface area contributed by atoms with Crippen LogP contribution in [0.25, 0.3) is 0 Å². The fourth-order valence-corrected chi connectivity index (χ4v) is 6.40. The van der Waals surface area contributed by atoms with Crippen molar-refractivity contribution in [3.63, 3.8) is 0 Å². The monoisotopic (exact) mass is 545 g/mol. The van der Waals surface area contributed by atoms with E-state index in [9.17, 15) is 18.0 Å². The van der Waals surface area contributed by atoms with Crippen molar-refractivity contribution in [2.24, 2.45) is 4.99 Å². The average molecular weight is 546 g/mol. The lowest BCUT2D eigenvalue weighted by atomic mass is 10.1. The molecule has 2 heterocycles. The van der Waals surface area contributed by atoms with Gasteiger partial charge in [0.05, 0.1) is 22.0 Å². The number of amidine groups is 1. The van der Waals surface area contributed by atoms with Crippen molar-refractivity contribution in [3.05, 3.63) is 98.9 Å². The van der Waals surface area contributed by atoms with Crippen LogP contribution in [-0.2, 0) is 17.4 Å². The smallest absolute Gasteiger partial charge is 0.337 e. The number of halogens is 4. The Morgan fingerprint density at radius 1 is 0.972 bits per heavy atom. The summed E-state index contributed by atoms with van der Waals surface area (Å²) in [6, 6.07) is 20.1. The Balaban J connectivity index is 1.52. The minimum absolute atomic E-state index is 0.138. The summed E-state index contributed by atoms with van der Waals surface area (Å²) >= 11 is 8.81. The van der Waals surface area contributed by atoms with Crippen LogP contribution in [-0.4, -0.2) is 29.6 Å². The standard InChI is InChI=1S/C26H19ClF3N3OS2/c1-32-20-15-18(27)10-11-21(20)35-24(32)22-23(34)33(13-12-16-6-3-2-4-7-16)25(36-22)31-19-9-5-8-17(14-19)26(28,29)30/h2-11,14-15H,12-13H2,1H3. The number of benzene rings is 3. The summed E-state index contributed by atoms with van der Waals surface area (Å²) in [7, 11) is 1.86. The number of fused-ring (bicyclic) bond motifs is 1. The molecule has 0 saturated carbocycles. The van der Waals surface area contributed by atoms with E-state index < -0.39 is 11.7 Å². The van der Waals surface area contributed by atoms with Crippen LogP contribution in [0.2, 0.25) is 5.02 Å². The van der Waals surface area contributed by atoms with Gasteiger partial charge < -0.3 is 4.90 Å². The van der Waals surface area contributed by atoms with Gasteiger partial charge in [-0.05, 0) is 60.1 Å². The topological polar surface area (TPSA) is 35.9 Å². The molecule has 5 rings (SSSR count). The summed E-state index contributed by atoms with van der Waals surface area (Å²) in [4.78, 5) is 23.0. The Bertz CT molecular complexity index is 1390. The second kappa shape index (κ2) is 9.88. The molecule has 184 valence electrons. The van der Waals surface area contributed by atoms with Crippen LogP contribution in [0.3, 0.4) is 0 Å². The van der Waals surface area contributed by atoms with Gasteiger partial charge >= 0.3 is 6.18 Å². The average Bonchev–Trinajstić information content (AvgIpc) is 3.33. The van der Waals surface area contributed by atoms with E-state index in [1.165, 1.54) is 35.7 Å². The van der Waals surface area contributed by atoms with E-state index in [1.54, 1.807) is 11.0 Å². The van der Waals surface area contributed by atoms with Gasteiger partial charge in [0.25, 0.3) is 5.91 Å². The van der Waals surface area contributed by atoms with E-state index >= 15 is 0 Å². The molecular weight excluding hydrogens is 527 g/mol. The lowest BCUT2D eigenvalue weighted by molar-refractivity contribution is -0.137. The van der Waals surface area contributed by atoms with Gasteiger partial charge in [-0.1, -0.05) is 59.8 Å². The van der Waals surface area contributed by atoms with Gasteiger partial charge in [0.2, 0.25) is 0 Å². The molecule has 3 aromatic rings. The van der Waals surface area contributed by atoms with Gasteiger partial charge in [0.1, 0.15) is 4.91 Å². The third kappa shape index (κ3) is 5.00. The maximum Gasteiger partial charge on any atom is 0.416 e. The molecule has 0 bridgehead atoms. The first kappa shape index (κ1) is 24.8. The van der Waals surface area contributed by atoms with Crippen molar-refractivity contribution in [1.82, 2.24) is 4.90 Å². The molecule has 1 fully saturated rings. The number of hydrogen-bond donors (Lipinski definition) is 0. The van der Waals surface area contributed by atoms with E-state index in [1.807, 2.05) is 54.4 Å². The molecule has 0 radical (unpaired) electrons. The number of carbonyl (C=O) groups excluding carboxylic acids is 1. The third-order valence-corrected chi connectivity index (χ3v) is 8.38. The maximum absolute atomic E-state index is 13.6. The van der Waals surface area contributed by atoms with Gasteiger partial charge in [-0.2, -0.15) is 13.2 Å². The van der Waals surface area contributed by atoms with E-state index in [0.29, 0.717) is 28.1 Å². The molecule has 2 aliphatic rings. The molecule has 1 amide bonds. The summed E-state index contributed by atoms with van der Waals surface area (Å²) in [5.74, 6) is -0.227. The first-order chi connectivity index (χ1) is 17.2. The fraction of sp³-hybridized carbons (Fsp3) is 0.154. The highest BCUT2D eigenvalue weighted by molar-refractivity contribution is 8.19. The first-order valence-electron chi connectivity index (χ1n) is 11.0. The number of rotatable bonds is 4. The summed E-state index contributed by atoms with van der Waals surface area (Å²) in [6.07, 6.45) is -3.90. The number of aliphatic imine (C=N–C) groups is 1. The number of amides is 1. The van der Waals surface area contributed by atoms with Gasteiger partial charge in [0, 0.05) is 23.5 Å². The Morgan fingerprint density at radius 2 is 1.75 bits per heavy atom. The largest absolute Gasteiger partial charge is 0.416 e. The van der Waals surface area contributed by atoms with Gasteiger partial charge in [-0.15, -0.1) is 0 Å². The first-order valence-corrected chi connectivity index (χ1v) is 13.0. The number of alkyl halides is 3. The highest BCUT2D eigenvalue weighted by Crippen LogP contribution is 2.50. The van der Waals surface area contributed by atoms with Crippen molar-refractivity contribution in [2.45, 2.75) is 17.5 Å². The van der Waals surface area contributed by atoms with E-state index in [4.69, 9.17) is 11.6 Å². The number of hydrogen-bond acceptors (Lipinski definition) is 5. The van der Waals surface area contributed by atoms with Crippen molar-refractivity contribution in [1.29, 1.82) is 0 Å². The van der Waals surface area contributed by atoms with Crippen LogP contribution in [0.5, 0.6) is 0 Å². The molecule has 0 aromatic heterocycles. The molecular formula is C26H19ClF3N3OS2. The minimum Gasteiger partial charge on any atom is -0.337 e. The van der Waals surface area contributed by atoms with E-state index in [0.717, 1.165) is 33.3 Å². The maximum atomic E-state index is 13.6. The number of thioether (sulfide) groups is 2. The predicted octanol–water partition coefficient (Wildman–Crippen LogP) is 7.58. The number of carbonyl (C=O) groups is 1. The van der Waals surface area contributed by atoms with Crippen molar-refractivity contribution >= 4 is 57.6 Å². The Labute approximate surface area is 219 Å². The minimum atomic E-state index is -4.48. The zero-order valence-electron chi connectivity index (χ0n) is 18.9. The van der Waals surface area contributed by atoms with Crippen molar-refractivity contribution < 1.29 is 18.0 Å². The normalized spacial score (nSPS) is 18.9. The molecule has 0 atom stereocenters. The van der Waals surface area contributed by atoms with Gasteiger partial charge in [-0.25, -0.2) is 4.99 Å². The highest BCUT2D eigenvalue weighted by atomic mass is 35.5. The van der Waals surface area contributed by atoms with Gasteiger partial charge in [0.15, 0.2) is 5.17 Å². The Morgan fingerprint density at radius 3 is 2.50 bits per heavy atom. The van der Waals surface area contributed by atoms with E-state index in [2.05, 4.69) is 4.99 Å². The van der Waals surface area contributed by atoms with Crippen molar-refractivity contribution in [2.75, 3.05) is 18.5 Å². The lowest BCUT2D eigenvalue weighted by Gasteiger charge is -2.17. The van der Waals surface area contributed by atoms with E-state index in [-0.39, 0.29) is 11.6 Å². The van der Waals surface area contributed by atoms with Crippen LogP contribution < -0.4 is 4.90 Å². The molecule has 4 nitrogen and oxygen atoms in total. The molecule has 0 spiro atoms. The van der Waals surface area contributed by atoms with Crippen LogP contribution in [0.15, 0.2) is 92.6 Å². The van der Waals surface area contributed by atoms with Crippen LogP contribution >= 0.6 is 35.1 Å². The highest BCUT2D eigenvalue weighted by Gasteiger charge is 2.39. The SMILES string of the molecule is CN1C(=C2SC(=Nc3cccc(C(F)(F)F)c3)N(CCc3ccccc3)C2=O)Sc2ccc(Cl)cc21. The zero-order valence-corrected chi connectivity index (χ0v) is 21.3. The molecule has 2 aliphatic heterocycles. The van der Waals surface area contributed by atoms with Crippen LogP contribution in [0.1, 0.15) is 11.1 Å². The quantitative estimate of drug-likeness (QED) is 0.317. The summed E-state index contributed by atoms with van der Waals surface area (Å²) in [5.41, 5.74) is 1.29.